The molecule has 0 aliphatic carbocycles. The van der Waals surface area contributed by atoms with Gasteiger partial charge in [0.2, 0.25) is 5.91 Å². The van der Waals surface area contributed by atoms with E-state index in [0.717, 1.165) is 16.7 Å². The largest absolute Gasteiger partial charge is 0.324 e. The van der Waals surface area contributed by atoms with Crippen LogP contribution in [0.1, 0.15) is 33.1 Å². The second-order valence-electron chi connectivity index (χ2n) is 7.16. The second kappa shape index (κ2) is 7.79. The summed E-state index contributed by atoms with van der Waals surface area (Å²) >= 11 is 0. The molecule has 1 N–H and O–H groups in total. The summed E-state index contributed by atoms with van der Waals surface area (Å²) in [6.07, 6.45) is 0. The number of rotatable bonds is 3. The Morgan fingerprint density at radius 1 is 1.07 bits per heavy atom. The van der Waals surface area contributed by atoms with Crippen LogP contribution in [0.3, 0.4) is 0 Å². The molecular formula is C23H19N3O4. The predicted molar refractivity (Wildman–Crippen MR) is 112 cm³/mol. The first-order valence-electron chi connectivity index (χ1n) is 9.45. The lowest BCUT2D eigenvalue weighted by Crippen LogP contribution is -2.39. The molecule has 30 heavy (non-hydrogen) atoms. The third-order valence-corrected chi connectivity index (χ3v) is 5.11. The molecule has 0 radical (unpaired) electrons. The van der Waals surface area contributed by atoms with Crippen molar-refractivity contribution in [2.24, 2.45) is 0 Å². The fraction of sp³-hybridized carbons (Fsp3) is 0.130. The molecule has 0 saturated carbocycles. The summed E-state index contributed by atoms with van der Waals surface area (Å²) in [7, 11) is 0. The molecule has 0 spiro atoms. The van der Waals surface area contributed by atoms with Gasteiger partial charge in [0.1, 0.15) is 12.1 Å². The molecule has 0 unspecified atom stereocenters. The van der Waals surface area contributed by atoms with Crippen molar-refractivity contribution in [1.29, 1.82) is 0 Å². The van der Waals surface area contributed by atoms with Gasteiger partial charge in [-0.25, -0.2) is 0 Å². The smallest absolute Gasteiger partial charge is 0.282 e. The number of anilines is 1. The maximum atomic E-state index is 13.5. The standard InChI is InChI=1S/C23H19N3O4/c1-15-11-12-19-18(13-15)22(16-7-3-2-4-8-16)25(14-21(27)24-19)23(28)17-9-5-6-10-20(17)26(29)30/h2-13,22H,14H2,1H3,(H,24,27)/t22-/m0/s1. The highest BCUT2D eigenvalue weighted by atomic mass is 16.6. The van der Waals surface area contributed by atoms with Crippen molar-refractivity contribution in [2.75, 3.05) is 11.9 Å². The zero-order chi connectivity index (χ0) is 21.3. The van der Waals surface area contributed by atoms with Gasteiger partial charge in [-0.1, -0.05) is 60.2 Å². The van der Waals surface area contributed by atoms with E-state index in [0.29, 0.717) is 5.69 Å². The fourth-order valence-corrected chi connectivity index (χ4v) is 3.78. The summed E-state index contributed by atoms with van der Waals surface area (Å²) < 4.78 is 0. The van der Waals surface area contributed by atoms with Crippen molar-refractivity contribution < 1.29 is 14.5 Å². The molecule has 7 nitrogen and oxygen atoms in total. The average molecular weight is 401 g/mol. The van der Waals surface area contributed by atoms with Crippen LogP contribution < -0.4 is 5.32 Å². The quantitative estimate of drug-likeness (QED) is 0.528. The maximum Gasteiger partial charge on any atom is 0.282 e. The number of nitrogens with one attached hydrogen (secondary N) is 1. The highest BCUT2D eigenvalue weighted by Crippen LogP contribution is 2.37. The molecule has 2 amide bonds. The third-order valence-electron chi connectivity index (χ3n) is 5.11. The van der Waals surface area contributed by atoms with Crippen LogP contribution >= 0.6 is 0 Å². The number of aryl methyl sites for hydroxylation is 1. The van der Waals surface area contributed by atoms with Crippen LogP contribution in [0.15, 0.2) is 72.8 Å². The molecule has 1 atom stereocenters. The Morgan fingerprint density at radius 2 is 1.77 bits per heavy atom. The lowest BCUT2D eigenvalue weighted by Gasteiger charge is -2.30. The number of carbonyl (C=O) groups excluding carboxylic acids is 2. The van der Waals surface area contributed by atoms with E-state index in [-0.39, 0.29) is 23.7 Å². The van der Waals surface area contributed by atoms with Gasteiger partial charge in [0.15, 0.2) is 0 Å². The van der Waals surface area contributed by atoms with Gasteiger partial charge in [-0.3, -0.25) is 19.7 Å². The molecule has 3 aromatic rings. The molecule has 3 aromatic carbocycles. The van der Waals surface area contributed by atoms with E-state index < -0.39 is 16.9 Å². The number of nitro groups is 1. The fourth-order valence-electron chi connectivity index (χ4n) is 3.78. The molecule has 0 fully saturated rings. The summed E-state index contributed by atoms with van der Waals surface area (Å²) in [5.41, 5.74) is 2.84. The number of amides is 2. The summed E-state index contributed by atoms with van der Waals surface area (Å²) in [6, 6.07) is 20.2. The van der Waals surface area contributed by atoms with Gasteiger partial charge in [-0.05, 0) is 24.6 Å². The lowest BCUT2D eigenvalue weighted by molar-refractivity contribution is -0.385. The highest BCUT2D eigenvalue weighted by molar-refractivity contribution is 6.03. The molecule has 1 heterocycles. The highest BCUT2D eigenvalue weighted by Gasteiger charge is 2.36. The van der Waals surface area contributed by atoms with E-state index in [1.807, 2.05) is 55.5 Å². The minimum absolute atomic E-state index is 0.0488. The van der Waals surface area contributed by atoms with Crippen molar-refractivity contribution in [3.05, 3.63) is 105 Å². The minimum Gasteiger partial charge on any atom is -0.324 e. The van der Waals surface area contributed by atoms with E-state index in [1.165, 1.54) is 23.1 Å². The van der Waals surface area contributed by atoms with Crippen LogP contribution in [0.4, 0.5) is 11.4 Å². The minimum atomic E-state index is -0.583. The van der Waals surface area contributed by atoms with E-state index in [2.05, 4.69) is 5.32 Å². The molecular weight excluding hydrogens is 382 g/mol. The Morgan fingerprint density at radius 3 is 2.50 bits per heavy atom. The number of hydrogen-bond donors (Lipinski definition) is 1. The van der Waals surface area contributed by atoms with Crippen LogP contribution in [0.5, 0.6) is 0 Å². The number of nitrogens with zero attached hydrogens (tertiary/aromatic N) is 2. The summed E-state index contributed by atoms with van der Waals surface area (Å²) in [5.74, 6) is -0.925. The Balaban J connectivity index is 1.92. The summed E-state index contributed by atoms with van der Waals surface area (Å²) in [4.78, 5) is 38.5. The van der Waals surface area contributed by atoms with Crippen LogP contribution in [0, 0.1) is 17.0 Å². The van der Waals surface area contributed by atoms with E-state index in [9.17, 15) is 19.7 Å². The molecule has 1 aliphatic rings. The lowest BCUT2D eigenvalue weighted by atomic mass is 9.94. The van der Waals surface area contributed by atoms with Crippen molar-refractivity contribution in [3.63, 3.8) is 0 Å². The first kappa shape index (κ1) is 19.3. The monoisotopic (exact) mass is 401 g/mol. The zero-order valence-corrected chi connectivity index (χ0v) is 16.2. The van der Waals surface area contributed by atoms with Crippen molar-refractivity contribution >= 4 is 23.2 Å². The SMILES string of the molecule is Cc1ccc2c(c1)[C@H](c1ccccc1)N(C(=O)c1ccccc1[N+](=O)[O-])CC(=O)N2. The first-order valence-corrected chi connectivity index (χ1v) is 9.45. The molecule has 7 heteroatoms. The van der Waals surface area contributed by atoms with E-state index >= 15 is 0 Å². The predicted octanol–water partition coefficient (Wildman–Crippen LogP) is 4.09. The maximum absolute atomic E-state index is 13.5. The van der Waals surface area contributed by atoms with Gasteiger partial charge in [-0.2, -0.15) is 0 Å². The van der Waals surface area contributed by atoms with Gasteiger partial charge in [0.25, 0.3) is 11.6 Å². The van der Waals surface area contributed by atoms with Gasteiger partial charge in [0.05, 0.1) is 11.0 Å². The molecule has 1 aliphatic heterocycles. The number of nitro benzene ring substituents is 1. The number of benzene rings is 3. The second-order valence-corrected chi connectivity index (χ2v) is 7.16. The molecule has 150 valence electrons. The van der Waals surface area contributed by atoms with Crippen LogP contribution in [0.25, 0.3) is 0 Å². The summed E-state index contributed by atoms with van der Waals surface area (Å²) in [5, 5.41) is 14.3. The van der Waals surface area contributed by atoms with Gasteiger partial charge in [-0.15, -0.1) is 0 Å². The van der Waals surface area contributed by atoms with E-state index in [1.54, 1.807) is 6.07 Å². The van der Waals surface area contributed by atoms with Crippen molar-refractivity contribution in [1.82, 2.24) is 4.90 Å². The Bertz CT molecular complexity index is 1140. The van der Waals surface area contributed by atoms with Gasteiger partial charge in [0, 0.05) is 17.3 Å². The average Bonchev–Trinajstić information content (AvgIpc) is 2.89. The van der Waals surface area contributed by atoms with E-state index in [4.69, 9.17) is 0 Å². The van der Waals surface area contributed by atoms with Crippen molar-refractivity contribution in [2.45, 2.75) is 13.0 Å². The Labute approximate surface area is 173 Å². The molecule has 0 saturated heterocycles. The number of hydrogen-bond acceptors (Lipinski definition) is 4. The number of para-hydroxylation sites is 1. The topological polar surface area (TPSA) is 92.6 Å². The van der Waals surface area contributed by atoms with Crippen LogP contribution in [0.2, 0.25) is 0 Å². The van der Waals surface area contributed by atoms with Crippen LogP contribution in [-0.2, 0) is 4.79 Å². The number of fused-ring (bicyclic) bond motifs is 1. The normalized spacial score (nSPS) is 15.7. The third kappa shape index (κ3) is 3.53. The Hall–Kier alpha value is -4.00. The first-order chi connectivity index (χ1) is 14.5. The molecule has 0 aromatic heterocycles. The molecule has 4 rings (SSSR count). The summed E-state index contributed by atoms with van der Waals surface area (Å²) in [6.45, 7) is 1.71. The van der Waals surface area contributed by atoms with Crippen molar-refractivity contribution in [3.8, 4) is 0 Å². The van der Waals surface area contributed by atoms with Gasteiger partial charge < -0.3 is 10.2 Å². The van der Waals surface area contributed by atoms with Crippen LogP contribution in [-0.4, -0.2) is 28.2 Å². The zero-order valence-electron chi connectivity index (χ0n) is 16.2. The number of carbonyl (C=O) groups is 2. The molecule has 0 bridgehead atoms. The Kier molecular flexibility index (Phi) is 5.02. The van der Waals surface area contributed by atoms with Gasteiger partial charge >= 0.3 is 0 Å².